The second-order valence-electron chi connectivity index (χ2n) is 3.94. The second-order valence-corrected chi connectivity index (χ2v) is 4.37. The van der Waals surface area contributed by atoms with Crippen molar-refractivity contribution < 1.29 is 14.3 Å². The van der Waals surface area contributed by atoms with Crippen molar-refractivity contribution in [2.45, 2.75) is 19.8 Å². The van der Waals surface area contributed by atoms with Crippen molar-refractivity contribution in [1.82, 2.24) is 5.32 Å². The van der Waals surface area contributed by atoms with Gasteiger partial charge in [-0.3, -0.25) is 9.59 Å². The Kier molecular flexibility index (Phi) is 6.15. The van der Waals surface area contributed by atoms with Gasteiger partial charge in [-0.05, 0) is 31.5 Å². The van der Waals surface area contributed by atoms with Gasteiger partial charge < -0.3 is 15.8 Å². The Labute approximate surface area is 117 Å². The molecule has 1 aromatic carbocycles. The molecule has 0 aliphatic carbocycles. The molecule has 0 saturated carbocycles. The number of carbonyl (C=O) groups excluding carboxylic acids is 2. The van der Waals surface area contributed by atoms with Crippen LogP contribution in [0, 0.1) is 0 Å². The van der Waals surface area contributed by atoms with E-state index in [-0.39, 0.29) is 18.3 Å². The predicted octanol–water partition coefficient (Wildman–Crippen LogP) is 2.00. The van der Waals surface area contributed by atoms with Gasteiger partial charge in [0.25, 0.3) is 5.91 Å². The van der Waals surface area contributed by atoms with E-state index in [2.05, 4.69) is 5.32 Å². The Morgan fingerprint density at radius 1 is 1.37 bits per heavy atom. The third-order valence-electron chi connectivity index (χ3n) is 2.33. The number of ether oxygens (including phenoxy) is 1. The van der Waals surface area contributed by atoms with Gasteiger partial charge in [-0.25, -0.2) is 0 Å². The molecule has 0 fully saturated rings. The number of benzene rings is 1. The predicted molar refractivity (Wildman–Crippen MR) is 74.1 cm³/mol. The summed E-state index contributed by atoms with van der Waals surface area (Å²) < 4.78 is 4.78. The van der Waals surface area contributed by atoms with E-state index in [0.717, 1.165) is 0 Å². The Morgan fingerprint density at radius 3 is 2.74 bits per heavy atom. The van der Waals surface area contributed by atoms with E-state index in [9.17, 15) is 9.59 Å². The molecule has 0 saturated heterocycles. The highest BCUT2D eigenvalue weighted by atomic mass is 35.5. The van der Waals surface area contributed by atoms with E-state index < -0.39 is 0 Å². The smallest absolute Gasteiger partial charge is 0.305 e. The Morgan fingerprint density at radius 2 is 2.11 bits per heavy atom. The highest BCUT2D eigenvalue weighted by Gasteiger charge is 2.07. The van der Waals surface area contributed by atoms with Gasteiger partial charge in [0.2, 0.25) is 0 Å². The van der Waals surface area contributed by atoms with Gasteiger partial charge in [0.15, 0.2) is 0 Å². The Bertz CT molecular complexity index is 443. The molecule has 104 valence electrons. The first-order valence-electron chi connectivity index (χ1n) is 6.02. The first-order chi connectivity index (χ1) is 9.02. The fraction of sp³-hybridized carbons (Fsp3) is 0.385. The van der Waals surface area contributed by atoms with Gasteiger partial charge in [0.1, 0.15) is 0 Å². The minimum absolute atomic E-state index is 0.260. The molecule has 1 amide bonds. The van der Waals surface area contributed by atoms with Crippen molar-refractivity contribution in [2.75, 3.05) is 18.9 Å². The number of hydrogen-bond acceptors (Lipinski definition) is 4. The van der Waals surface area contributed by atoms with Crippen LogP contribution in [0.4, 0.5) is 5.69 Å². The number of anilines is 1. The minimum atomic E-state index is -0.266. The van der Waals surface area contributed by atoms with Crippen LogP contribution in [0.5, 0.6) is 0 Å². The molecule has 5 nitrogen and oxygen atoms in total. The molecular formula is C13H17ClN2O3. The van der Waals surface area contributed by atoms with Crippen LogP contribution in [0.1, 0.15) is 30.1 Å². The standard InChI is InChI=1S/C13H17ClN2O3/c1-2-19-12(17)4-3-5-16-13(18)9-6-10(14)8-11(15)7-9/h6-8H,2-5,15H2,1H3,(H,16,18). The van der Waals surface area contributed by atoms with Crippen LogP contribution < -0.4 is 11.1 Å². The first kappa shape index (κ1) is 15.3. The number of rotatable bonds is 6. The summed E-state index contributed by atoms with van der Waals surface area (Å²) in [7, 11) is 0. The molecule has 0 aliphatic rings. The maximum absolute atomic E-state index is 11.8. The van der Waals surface area contributed by atoms with Gasteiger partial charge in [-0.1, -0.05) is 11.6 Å². The highest BCUT2D eigenvalue weighted by Crippen LogP contribution is 2.16. The molecule has 1 rings (SSSR count). The summed E-state index contributed by atoms with van der Waals surface area (Å²) in [4.78, 5) is 22.9. The van der Waals surface area contributed by atoms with Gasteiger partial charge in [-0.2, -0.15) is 0 Å². The molecule has 0 unspecified atom stereocenters. The van der Waals surface area contributed by atoms with Crippen LogP contribution in [-0.2, 0) is 9.53 Å². The lowest BCUT2D eigenvalue weighted by Crippen LogP contribution is -2.25. The molecule has 0 bridgehead atoms. The summed E-state index contributed by atoms with van der Waals surface area (Å²) in [5.41, 5.74) is 6.44. The van der Waals surface area contributed by atoms with Crippen LogP contribution in [0.15, 0.2) is 18.2 Å². The molecule has 1 aromatic rings. The fourth-order valence-corrected chi connectivity index (χ4v) is 1.76. The van der Waals surface area contributed by atoms with Gasteiger partial charge in [-0.15, -0.1) is 0 Å². The molecule has 0 atom stereocenters. The van der Waals surface area contributed by atoms with Gasteiger partial charge in [0, 0.05) is 29.2 Å². The number of nitrogens with two attached hydrogens (primary N) is 1. The zero-order chi connectivity index (χ0) is 14.3. The summed E-state index contributed by atoms with van der Waals surface area (Å²) >= 11 is 5.81. The number of amides is 1. The number of halogens is 1. The third kappa shape index (κ3) is 5.61. The monoisotopic (exact) mass is 284 g/mol. The van der Waals surface area contributed by atoms with Gasteiger partial charge >= 0.3 is 5.97 Å². The lowest BCUT2D eigenvalue weighted by Gasteiger charge is -2.06. The molecule has 3 N–H and O–H groups in total. The van der Waals surface area contributed by atoms with Crippen molar-refractivity contribution in [2.24, 2.45) is 0 Å². The van der Waals surface area contributed by atoms with E-state index in [0.29, 0.717) is 35.8 Å². The minimum Gasteiger partial charge on any atom is -0.466 e. The Balaban J connectivity index is 2.37. The van der Waals surface area contributed by atoms with Gasteiger partial charge in [0.05, 0.1) is 6.61 Å². The lowest BCUT2D eigenvalue weighted by atomic mass is 10.2. The Hall–Kier alpha value is -1.75. The highest BCUT2D eigenvalue weighted by molar-refractivity contribution is 6.31. The van der Waals surface area contributed by atoms with Crippen LogP contribution in [0.25, 0.3) is 0 Å². The summed E-state index contributed by atoms with van der Waals surface area (Å²) in [6.07, 6.45) is 0.812. The zero-order valence-corrected chi connectivity index (χ0v) is 11.5. The van der Waals surface area contributed by atoms with Crippen molar-refractivity contribution in [3.05, 3.63) is 28.8 Å². The van der Waals surface area contributed by atoms with Crippen LogP contribution >= 0.6 is 11.6 Å². The largest absolute Gasteiger partial charge is 0.466 e. The van der Waals surface area contributed by atoms with Crippen molar-refractivity contribution >= 4 is 29.2 Å². The molecule has 19 heavy (non-hydrogen) atoms. The van der Waals surface area contributed by atoms with Crippen LogP contribution in [0.3, 0.4) is 0 Å². The van der Waals surface area contributed by atoms with E-state index in [1.807, 2.05) is 0 Å². The SMILES string of the molecule is CCOC(=O)CCCNC(=O)c1cc(N)cc(Cl)c1. The molecule has 0 aromatic heterocycles. The van der Waals surface area contributed by atoms with Crippen molar-refractivity contribution in [1.29, 1.82) is 0 Å². The van der Waals surface area contributed by atoms with E-state index >= 15 is 0 Å². The summed E-state index contributed by atoms with van der Waals surface area (Å²) in [6, 6.07) is 4.66. The number of carbonyl (C=O) groups is 2. The lowest BCUT2D eigenvalue weighted by molar-refractivity contribution is -0.143. The number of nitrogens with one attached hydrogen (secondary N) is 1. The molecule has 0 heterocycles. The van der Waals surface area contributed by atoms with Crippen LogP contribution in [-0.4, -0.2) is 25.0 Å². The van der Waals surface area contributed by atoms with Crippen molar-refractivity contribution in [3.8, 4) is 0 Å². The summed E-state index contributed by atoms with van der Waals surface area (Å²) in [5, 5.41) is 3.10. The normalized spacial score (nSPS) is 10.0. The maximum atomic E-state index is 11.8. The summed E-state index contributed by atoms with van der Waals surface area (Å²) in [6.45, 7) is 2.51. The van der Waals surface area contributed by atoms with E-state index in [4.69, 9.17) is 22.1 Å². The third-order valence-corrected chi connectivity index (χ3v) is 2.55. The molecule has 0 spiro atoms. The van der Waals surface area contributed by atoms with Crippen LogP contribution in [0.2, 0.25) is 5.02 Å². The quantitative estimate of drug-likeness (QED) is 0.475. The maximum Gasteiger partial charge on any atom is 0.305 e. The molecule has 0 aliphatic heterocycles. The topological polar surface area (TPSA) is 81.4 Å². The average molecular weight is 285 g/mol. The summed E-state index contributed by atoms with van der Waals surface area (Å²) in [5.74, 6) is -0.526. The second kappa shape index (κ2) is 7.63. The average Bonchev–Trinajstić information content (AvgIpc) is 2.33. The van der Waals surface area contributed by atoms with E-state index in [1.165, 1.54) is 0 Å². The molecule has 0 radical (unpaired) electrons. The fourth-order valence-electron chi connectivity index (χ4n) is 1.51. The first-order valence-corrected chi connectivity index (χ1v) is 6.40. The molecular weight excluding hydrogens is 268 g/mol. The van der Waals surface area contributed by atoms with E-state index in [1.54, 1.807) is 25.1 Å². The number of hydrogen-bond donors (Lipinski definition) is 2. The zero-order valence-electron chi connectivity index (χ0n) is 10.7. The number of esters is 1. The number of nitrogen functional groups attached to an aromatic ring is 1. The molecule has 6 heteroatoms. The van der Waals surface area contributed by atoms with Crippen molar-refractivity contribution in [3.63, 3.8) is 0 Å².